The number of sulfonamides is 1. The Hall–Kier alpha value is -1.84. The Balaban J connectivity index is 1.95. The summed E-state index contributed by atoms with van der Waals surface area (Å²) in [7, 11) is -1.90. The third-order valence-corrected chi connectivity index (χ3v) is 4.73. The molecule has 134 valence electrons. The third kappa shape index (κ3) is 5.36. The first-order valence-corrected chi connectivity index (χ1v) is 9.34. The number of nitrogens with one attached hydrogen (secondary N) is 1. The molecule has 1 aliphatic heterocycles. The van der Waals surface area contributed by atoms with Crippen molar-refractivity contribution in [3.05, 3.63) is 23.8 Å². The number of amides is 1. The smallest absolute Gasteiger partial charge is 0.231 e. The summed E-state index contributed by atoms with van der Waals surface area (Å²) in [4.78, 5) is 11.7. The predicted molar refractivity (Wildman–Crippen MR) is 87.3 cm³/mol. The van der Waals surface area contributed by atoms with E-state index in [-0.39, 0.29) is 32.2 Å². The Labute approximate surface area is 141 Å². The van der Waals surface area contributed by atoms with Crippen LogP contribution in [0, 0.1) is 0 Å². The average molecular weight is 358 g/mol. The molecule has 0 bridgehead atoms. The Morgan fingerprint density at radius 1 is 1.33 bits per heavy atom. The summed E-state index contributed by atoms with van der Waals surface area (Å²) in [5, 5.41) is 2.67. The number of methoxy groups -OCH3 is 1. The number of benzene rings is 1. The van der Waals surface area contributed by atoms with Crippen LogP contribution in [0.5, 0.6) is 11.5 Å². The number of fused-ring (bicyclic) bond motifs is 1. The van der Waals surface area contributed by atoms with E-state index in [0.29, 0.717) is 24.7 Å². The van der Waals surface area contributed by atoms with Crippen molar-refractivity contribution < 1.29 is 27.4 Å². The summed E-state index contributed by atoms with van der Waals surface area (Å²) in [5.74, 6) is 1.02. The van der Waals surface area contributed by atoms with Crippen molar-refractivity contribution in [1.29, 1.82) is 0 Å². The van der Waals surface area contributed by atoms with Gasteiger partial charge in [0.1, 0.15) is 0 Å². The van der Waals surface area contributed by atoms with Gasteiger partial charge < -0.3 is 19.5 Å². The first kappa shape index (κ1) is 18.5. The molecule has 0 radical (unpaired) electrons. The van der Waals surface area contributed by atoms with Crippen LogP contribution in [-0.4, -0.2) is 58.5 Å². The van der Waals surface area contributed by atoms with E-state index in [4.69, 9.17) is 14.2 Å². The molecule has 2 rings (SSSR count). The Morgan fingerprint density at radius 3 is 2.79 bits per heavy atom. The molecule has 1 heterocycles. The van der Waals surface area contributed by atoms with E-state index in [0.717, 1.165) is 11.8 Å². The van der Waals surface area contributed by atoms with Gasteiger partial charge in [0.15, 0.2) is 11.5 Å². The Morgan fingerprint density at radius 2 is 2.08 bits per heavy atom. The maximum Gasteiger partial charge on any atom is 0.231 e. The first-order valence-electron chi connectivity index (χ1n) is 7.49. The molecular formula is C15H22N2O6S. The standard InChI is InChI=1S/C15H22N2O6S/c1-21-8-6-16-15(18)5-7-17(24(2,19)20)10-12-3-4-13-14(9-12)23-11-22-13/h3-4,9H,5-8,10-11H2,1-2H3,(H,16,18). The summed E-state index contributed by atoms with van der Waals surface area (Å²) < 4.78 is 40.6. The van der Waals surface area contributed by atoms with Gasteiger partial charge in [0.25, 0.3) is 0 Å². The van der Waals surface area contributed by atoms with Gasteiger partial charge in [-0.2, -0.15) is 4.31 Å². The van der Waals surface area contributed by atoms with Crippen molar-refractivity contribution in [2.24, 2.45) is 0 Å². The topological polar surface area (TPSA) is 94.2 Å². The lowest BCUT2D eigenvalue weighted by molar-refractivity contribution is -0.121. The number of nitrogens with zero attached hydrogens (tertiary/aromatic N) is 1. The molecule has 0 saturated heterocycles. The van der Waals surface area contributed by atoms with E-state index >= 15 is 0 Å². The largest absolute Gasteiger partial charge is 0.454 e. The summed E-state index contributed by atoms with van der Waals surface area (Å²) in [5.41, 5.74) is 0.768. The van der Waals surface area contributed by atoms with Crippen molar-refractivity contribution in [3.8, 4) is 11.5 Å². The molecule has 1 N–H and O–H groups in total. The monoisotopic (exact) mass is 358 g/mol. The third-order valence-electron chi connectivity index (χ3n) is 3.48. The molecule has 8 nitrogen and oxygen atoms in total. The van der Waals surface area contributed by atoms with Gasteiger partial charge in [-0.3, -0.25) is 4.79 Å². The second-order valence-corrected chi connectivity index (χ2v) is 7.36. The molecule has 1 amide bonds. The Bertz CT molecular complexity index is 677. The minimum atomic E-state index is -3.44. The molecule has 0 fully saturated rings. The normalized spacial score (nSPS) is 13.3. The maximum absolute atomic E-state index is 12.0. The fourth-order valence-electron chi connectivity index (χ4n) is 2.21. The molecule has 0 aliphatic carbocycles. The number of carbonyl (C=O) groups is 1. The lowest BCUT2D eigenvalue weighted by Crippen LogP contribution is -2.35. The Kier molecular flexibility index (Phi) is 6.41. The highest BCUT2D eigenvalue weighted by molar-refractivity contribution is 7.88. The van der Waals surface area contributed by atoms with Gasteiger partial charge in [-0.25, -0.2) is 8.42 Å². The summed E-state index contributed by atoms with van der Waals surface area (Å²) in [6.45, 7) is 1.25. The van der Waals surface area contributed by atoms with Crippen molar-refractivity contribution in [2.45, 2.75) is 13.0 Å². The average Bonchev–Trinajstić information content (AvgIpc) is 2.98. The molecule has 1 aromatic rings. The van der Waals surface area contributed by atoms with E-state index in [1.165, 1.54) is 4.31 Å². The highest BCUT2D eigenvalue weighted by Crippen LogP contribution is 2.32. The number of rotatable bonds is 9. The number of carbonyl (C=O) groups excluding carboxylic acids is 1. The van der Waals surface area contributed by atoms with Crippen molar-refractivity contribution in [3.63, 3.8) is 0 Å². The van der Waals surface area contributed by atoms with E-state index in [2.05, 4.69) is 5.32 Å². The molecule has 0 spiro atoms. The van der Waals surface area contributed by atoms with Crippen LogP contribution >= 0.6 is 0 Å². The van der Waals surface area contributed by atoms with E-state index in [1.54, 1.807) is 25.3 Å². The molecule has 0 atom stereocenters. The van der Waals surface area contributed by atoms with Gasteiger partial charge in [0.05, 0.1) is 12.9 Å². The SMILES string of the molecule is COCCNC(=O)CCN(Cc1ccc2c(c1)OCO2)S(C)(=O)=O. The van der Waals surface area contributed by atoms with Gasteiger partial charge in [-0.1, -0.05) is 6.07 Å². The van der Waals surface area contributed by atoms with Crippen molar-refractivity contribution in [1.82, 2.24) is 9.62 Å². The molecule has 9 heteroatoms. The van der Waals surface area contributed by atoms with Gasteiger partial charge in [0, 0.05) is 33.2 Å². The first-order chi connectivity index (χ1) is 11.4. The van der Waals surface area contributed by atoms with E-state index in [9.17, 15) is 13.2 Å². The zero-order chi connectivity index (χ0) is 17.6. The number of ether oxygens (including phenoxy) is 3. The second-order valence-electron chi connectivity index (χ2n) is 5.38. The van der Waals surface area contributed by atoms with Crippen LogP contribution in [0.15, 0.2) is 18.2 Å². The predicted octanol–water partition coefficient (Wildman–Crippen LogP) is 0.330. The van der Waals surface area contributed by atoms with Crippen molar-refractivity contribution >= 4 is 15.9 Å². The number of hydrogen-bond donors (Lipinski definition) is 1. The molecular weight excluding hydrogens is 336 g/mol. The van der Waals surface area contributed by atoms with Crippen LogP contribution in [0.1, 0.15) is 12.0 Å². The van der Waals surface area contributed by atoms with E-state index in [1.807, 2.05) is 0 Å². The van der Waals surface area contributed by atoms with Gasteiger partial charge >= 0.3 is 0 Å². The summed E-state index contributed by atoms with van der Waals surface area (Å²) in [6, 6.07) is 5.28. The lowest BCUT2D eigenvalue weighted by Gasteiger charge is -2.20. The molecule has 0 unspecified atom stereocenters. The fraction of sp³-hybridized carbons (Fsp3) is 0.533. The summed E-state index contributed by atoms with van der Waals surface area (Å²) >= 11 is 0. The lowest BCUT2D eigenvalue weighted by atomic mass is 10.2. The van der Waals surface area contributed by atoms with Crippen LogP contribution in [-0.2, 0) is 26.1 Å². The quantitative estimate of drug-likeness (QED) is 0.640. The summed E-state index contributed by atoms with van der Waals surface area (Å²) in [6.07, 6.45) is 1.21. The maximum atomic E-state index is 12.0. The van der Waals surface area contributed by atoms with Crippen LogP contribution in [0.3, 0.4) is 0 Å². The zero-order valence-corrected chi connectivity index (χ0v) is 14.6. The second kappa shape index (κ2) is 8.32. The number of hydrogen-bond acceptors (Lipinski definition) is 6. The molecule has 1 aliphatic rings. The minimum Gasteiger partial charge on any atom is -0.454 e. The van der Waals surface area contributed by atoms with Crippen LogP contribution in [0.25, 0.3) is 0 Å². The van der Waals surface area contributed by atoms with Gasteiger partial charge in [0.2, 0.25) is 22.7 Å². The van der Waals surface area contributed by atoms with Gasteiger partial charge in [-0.05, 0) is 17.7 Å². The van der Waals surface area contributed by atoms with Crippen LogP contribution in [0.4, 0.5) is 0 Å². The highest BCUT2D eigenvalue weighted by atomic mass is 32.2. The fourth-order valence-corrected chi connectivity index (χ4v) is 3.02. The van der Waals surface area contributed by atoms with Crippen LogP contribution in [0.2, 0.25) is 0 Å². The molecule has 0 saturated carbocycles. The minimum absolute atomic E-state index is 0.0847. The van der Waals surface area contributed by atoms with Crippen molar-refractivity contribution in [2.75, 3.05) is 39.9 Å². The molecule has 24 heavy (non-hydrogen) atoms. The van der Waals surface area contributed by atoms with E-state index < -0.39 is 10.0 Å². The van der Waals surface area contributed by atoms with Gasteiger partial charge in [-0.15, -0.1) is 0 Å². The molecule has 1 aromatic carbocycles. The van der Waals surface area contributed by atoms with Crippen LogP contribution < -0.4 is 14.8 Å². The molecule has 0 aromatic heterocycles. The zero-order valence-electron chi connectivity index (χ0n) is 13.8. The highest BCUT2D eigenvalue weighted by Gasteiger charge is 2.20.